The summed E-state index contributed by atoms with van der Waals surface area (Å²) in [5.41, 5.74) is 0.591. The molecule has 17 heavy (non-hydrogen) atoms. The molecule has 1 aromatic heterocycles. The quantitative estimate of drug-likeness (QED) is 0.812. The molecule has 0 aromatic carbocycles. The minimum Gasteiger partial charge on any atom is -0.390 e. The van der Waals surface area contributed by atoms with Crippen molar-refractivity contribution < 1.29 is 13.5 Å². The van der Waals surface area contributed by atoms with Gasteiger partial charge in [-0.1, -0.05) is 13.3 Å². The number of nitrogens with zero attached hydrogens (tertiary/aromatic N) is 1. The molecule has 1 heterocycles. The van der Waals surface area contributed by atoms with Gasteiger partial charge in [0.1, 0.15) is 0 Å². The normalized spacial score (nSPS) is 23.9. The summed E-state index contributed by atoms with van der Waals surface area (Å²) < 4.78 is 28.4. The lowest BCUT2D eigenvalue weighted by molar-refractivity contribution is 0.272. The van der Waals surface area contributed by atoms with Crippen LogP contribution in [0.15, 0.2) is 17.2 Å². The fourth-order valence-electron chi connectivity index (χ4n) is 1.99. The first kappa shape index (κ1) is 12.6. The number of aryl methyl sites for hydroxylation is 1. The molecule has 1 aliphatic carbocycles. The second-order valence-electron chi connectivity index (χ2n) is 4.57. The van der Waals surface area contributed by atoms with Crippen molar-refractivity contribution in [2.45, 2.75) is 37.3 Å². The molecule has 1 aromatic rings. The van der Waals surface area contributed by atoms with Crippen molar-refractivity contribution in [2.24, 2.45) is 13.0 Å². The number of aliphatic hydroxyl groups excluding tert-OH is 1. The fourth-order valence-corrected chi connectivity index (χ4v) is 3.40. The van der Waals surface area contributed by atoms with Crippen LogP contribution >= 0.6 is 0 Å². The molecule has 0 amide bonds. The van der Waals surface area contributed by atoms with Crippen molar-refractivity contribution in [3.05, 3.63) is 18.0 Å². The molecule has 1 fully saturated rings. The first-order valence-corrected chi connectivity index (χ1v) is 7.24. The monoisotopic (exact) mass is 258 g/mol. The van der Waals surface area contributed by atoms with Gasteiger partial charge in [0.2, 0.25) is 10.0 Å². The van der Waals surface area contributed by atoms with Gasteiger partial charge in [-0.15, -0.1) is 0 Å². The largest absolute Gasteiger partial charge is 0.390 e. The average Bonchev–Trinajstić information content (AvgIpc) is 2.89. The maximum Gasteiger partial charge on any atom is 0.242 e. The van der Waals surface area contributed by atoms with E-state index < -0.39 is 10.0 Å². The van der Waals surface area contributed by atoms with Crippen molar-refractivity contribution in [2.75, 3.05) is 0 Å². The Morgan fingerprint density at radius 1 is 1.59 bits per heavy atom. The van der Waals surface area contributed by atoms with Crippen LogP contribution in [0.2, 0.25) is 0 Å². The van der Waals surface area contributed by atoms with Crippen molar-refractivity contribution in [3.63, 3.8) is 0 Å². The van der Waals surface area contributed by atoms with Crippen molar-refractivity contribution in [1.29, 1.82) is 0 Å². The van der Waals surface area contributed by atoms with Gasteiger partial charge < -0.3 is 9.67 Å². The first-order chi connectivity index (χ1) is 7.97. The van der Waals surface area contributed by atoms with Gasteiger partial charge in [-0.05, 0) is 18.4 Å². The summed E-state index contributed by atoms with van der Waals surface area (Å²) in [6.45, 7) is 1.90. The average molecular weight is 258 g/mol. The Bertz CT molecular complexity index is 507. The van der Waals surface area contributed by atoms with Crippen LogP contribution in [0.3, 0.4) is 0 Å². The van der Waals surface area contributed by atoms with Gasteiger partial charge in [-0.3, -0.25) is 0 Å². The molecule has 2 atom stereocenters. The Balaban J connectivity index is 2.14. The first-order valence-electron chi connectivity index (χ1n) is 5.76. The molecule has 1 aliphatic rings. The second kappa shape index (κ2) is 4.44. The van der Waals surface area contributed by atoms with Gasteiger partial charge in [0.15, 0.2) is 0 Å². The highest BCUT2D eigenvalue weighted by Crippen LogP contribution is 2.34. The molecule has 6 heteroatoms. The summed E-state index contributed by atoms with van der Waals surface area (Å²) in [7, 11) is -1.71. The van der Waals surface area contributed by atoms with E-state index in [-0.39, 0.29) is 17.5 Å². The highest BCUT2D eigenvalue weighted by molar-refractivity contribution is 7.89. The smallest absolute Gasteiger partial charge is 0.242 e. The SMILES string of the molecule is CCC1CC1NS(=O)(=O)c1cc(CO)n(C)c1. The Morgan fingerprint density at radius 3 is 2.76 bits per heavy atom. The summed E-state index contributed by atoms with van der Waals surface area (Å²) in [6.07, 6.45) is 3.45. The van der Waals surface area contributed by atoms with Crippen LogP contribution in [-0.2, 0) is 23.7 Å². The Labute approximate surface area is 102 Å². The van der Waals surface area contributed by atoms with Crippen molar-refractivity contribution in [1.82, 2.24) is 9.29 Å². The van der Waals surface area contributed by atoms with Gasteiger partial charge in [-0.25, -0.2) is 13.1 Å². The molecule has 1 saturated carbocycles. The Hall–Kier alpha value is -0.850. The number of aromatic nitrogens is 1. The van der Waals surface area contributed by atoms with Gasteiger partial charge in [0.25, 0.3) is 0 Å². The Morgan fingerprint density at radius 2 is 2.29 bits per heavy atom. The summed E-state index contributed by atoms with van der Waals surface area (Å²) in [6, 6.07) is 1.59. The summed E-state index contributed by atoms with van der Waals surface area (Å²) in [4.78, 5) is 0.228. The number of nitrogens with one attached hydrogen (secondary N) is 1. The molecule has 0 spiro atoms. The third kappa shape index (κ3) is 2.53. The second-order valence-corrected chi connectivity index (χ2v) is 6.28. The van der Waals surface area contributed by atoms with Crippen molar-refractivity contribution >= 4 is 10.0 Å². The highest BCUT2D eigenvalue weighted by atomic mass is 32.2. The molecule has 2 N–H and O–H groups in total. The third-order valence-electron chi connectivity index (χ3n) is 3.31. The molecule has 96 valence electrons. The molecule has 0 radical (unpaired) electrons. The number of aliphatic hydroxyl groups is 1. The van der Waals surface area contributed by atoms with Crippen LogP contribution in [0.5, 0.6) is 0 Å². The minimum absolute atomic E-state index is 0.0859. The van der Waals surface area contributed by atoms with Crippen LogP contribution in [0.25, 0.3) is 0 Å². The fraction of sp³-hybridized carbons (Fsp3) is 0.636. The van der Waals surface area contributed by atoms with E-state index in [1.807, 2.05) is 0 Å². The maximum atomic E-state index is 12.0. The van der Waals surface area contributed by atoms with E-state index in [0.29, 0.717) is 11.6 Å². The number of rotatable bonds is 5. The zero-order valence-electron chi connectivity index (χ0n) is 10.0. The van der Waals surface area contributed by atoms with E-state index in [0.717, 1.165) is 12.8 Å². The molecule has 5 nitrogen and oxygen atoms in total. The van der Waals surface area contributed by atoms with Gasteiger partial charge in [0, 0.05) is 25.0 Å². The standard InChI is InChI=1S/C11H18N2O3S/c1-3-8-4-11(8)12-17(15,16)10-5-9(7-14)13(2)6-10/h5-6,8,11-12,14H,3-4,7H2,1-2H3. The Kier molecular flexibility index (Phi) is 3.29. The van der Waals surface area contributed by atoms with Crippen LogP contribution in [0.1, 0.15) is 25.5 Å². The molecule has 0 bridgehead atoms. The third-order valence-corrected chi connectivity index (χ3v) is 4.77. The zero-order chi connectivity index (χ0) is 12.6. The van der Waals surface area contributed by atoms with E-state index in [1.54, 1.807) is 11.6 Å². The van der Waals surface area contributed by atoms with E-state index in [2.05, 4.69) is 11.6 Å². The molecule has 2 rings (SSSR count). The van der Waals surface area contributed by atoms with Crippen molar-refractivity contribution in [3.8, 4) is 0 Å². The van der Waals surface area contributed by atoms with Crippen LogP contribution in [0.4, 0.5) is 0 Å². The number of sulfonamides is 1. The summed E-state index contributed by atoms with van der Waals surface area (Å²) in [5, 5.41) is 9.04. The maximum absolute atomic E-state index is 12.0. The van der Waals surface area contributed by atoms with E-state index in [4.69, 9.17) is 5.11 Å². The predicted molar refractivity (Wildman–Crippen MR) is 63.8 cm³/mol. The summed E-state index contributed by atoms with van der Waals surface area (Å²) in [5.74, 6) is 0.478. The predicted octanol–water partition coefficient (Wildman–Crippen LogP) is 0.594. The van der Waals surface area contributed by atoms with Crippen LogP contribution < -0.4 is 4.72 Å². The van der Waals surface area contributed by atoms with Gasteiger partial charge >= 0.3 is 0 Å². The van der Waals surface area contributed by atoms with E-state index in [9.17, 15) is 8.42 Å². The van der Waals surface area contributed by atoms with Crippen LogP contribution in [-0.4, -0.2) is 24.1 Å². The summed E-state index contributed by atoms with van der Waals surface area (Å²) >= 11 is 0. The molecule has 0 saturated heterocycles. The van der Waals surface area contributed by atoms with Gasteiger partial charge in [0.05, 0.1) is 11.5 Å². The lowest BCUT2D eigenvalue weighted by Gasteiger charge is -2.03. The lowest BCUT2D eigenvalue weighted by Crippen LogP contribution is -2.26. The molecular formula is C11H18N2O3S. The zero-order valence-corrected chi connectivity index (χ0v) is 10.9. The van der Waals surface area contributed by atoms with Gasteiger partial charge in [-0.2, -0.15) is 0 Å². The number of hydrogen-bond acceptors (Lipinski definition) is 3. The number of hydrogen-bond donors (Lipinski definition) is 2. The highest BCUT2D eigenvalue weighted by Gasteiger charge is 2.38. The molecule has 2 unspecified atom stereocenters. The topological polar surface area (TPSA) is 71.3 Å². The minimum atomic E-state index is -3.43. The van der Waals surface area contributed by atoms with E-state index in [1.165, 1.54) is 12.3 Å². The van der Waals surface area contributed by atoms with E-state index >= 15 is 0 Å². The molecule has 0 aliphatic heterocycles. The molecular weight excluding hydrogens is 240 g/mol. The van der Waals surface area contributed by atoms with Crippen LogP contribution in [0, 0.1) is 5.92 Å². The lowest BCUT2D eigenvalue weighted by atomic mass is 10.3.